The Hall–Kier alpha value is -3.00. The Labute approximate surface area is 169 Å². The maximum absolute atomic E-state index is 12.3. The van der Waals surface area contributed by atoms with Gasteiger partial charge in [0.05, 0.1) is 17.1 Å². The van der Waals surface area contributed by atoms with E-state index in [0.717, 1.165) is 16.7 Å². The number of hydrogen-bond donors (Lipinski definition) is 0. The van der Waals surface area contributed by atoms with Crippen molar-refractivity contribution in [3.8, 4) is 11.5 Å². The van der Waals surface area contributed by atoms with Crippen LogP contribution in [-0.2, 0) is 19.4 Å². The monoisotopic (exact) mass is 414 g/mol. The Bertz CT molecular complexity index is 1090. The summed E-state index contributed by atoms with van der Waals surface area (Å²) in [5.41, 5.74) is 2.83. The van der Waals surface area contributed by atoms with Crippen molar-refractivity contribution >= 4 is 15.8 Å². The SMILES string of the molecule is Cc1ccc(-c2nnc([C@H](C)OC(=O)CCS(=O)(=O)c3ccc(C)cc3)o2)cc1. The Morgan fingerprint density at radius 1 is 1.00 bits per heavy atom. The zero-order valence-electron chi connectivity index (χ0n) is 16.5. The molecule has 0 amide bonds. The third kappa shape index (κ3) is 5.29. The average molecular weight is 414 g/mol. The number of carbonyl (C=O) groups is 1. The molecule has 1 atom stereocenters. The van der Waals surface area contributed by atoms with Gasteiger partial charge in [-0.05, 0) is 45.0 Å². The van der Waals surface area contributed by atoms with E-state index in [1.807, 2.05) is 38.1 Å². The third-order valence-electron chi connectivity index (χ3n) is 4.35. The summed E-state index contributed by atoms with van der Waals surface area (Å²) >= 11 is 0. The molecule has 152 valence electrons. The fourth-order valence-corrected chi connectivity index (χ4v) is 3.82. The molecule has 2 aromatic carbocycles. The van der Waals surface area contributed by atoms with E-state index in [4.69, 9.17) is 9.15 Å². The minimum atomic E-state index is -3.56. The molecule has 0 bridgehead atoms. The van der Waals surface area contributed by atoms with Crippen molar-refractivity contribution in [1.29, 1.82) is 0 Å². The molecule has 29 heavy (non-hydrogen) atoms. The number of hydrogen-bond acceptors (Lipinski definition) is 7. The van der Waals surface area contributed by atoms with Gasteiger partial charge >= 0.3 is 5.97 Å². The van der Waals surface area contributed by atoms with Crippen molar-refractivity contribution in [2.75, 3.05) is 5.75 Å². The van der Waals surface area contributed by atoms with Crippen LogP contribution in [0.2, 0.25) is 0 Å². The molecule has 1 aromatic heterocycles. The molecule has 0 saturated heterocycles. The summed E-state index contributed by atoms with van der Waals surface area (Å²) in [4.78, 5) is 12.3. The largest absolute Gasteiger partial charge is 0.453 e. The van der Waals surface area contributed by atoms with Gasteiger partial charge in [0.2, 0.25) is 5.89 Å². The van der Waals surface area contributed by atoms with Gasteiger partial charge in [-0.1, -0.05) is 35.4 Å². The number of aromatic nitrogens is 2. The maximum atomic E-state index is 12.3. The van der Waals surface area contributed by atoms with Crippen molar-refractivity contribution in [3.63, 3.8) is 0 Å². The molecule has 0 unspecified atom stereocenters. The van der Waals surface area contributed by atoms with Crippen molar-refractivity contribution < 1.29 is 22.4 Å². The molecular formula is C21H22N2O5S. The first kappa shape index (κ1) is 20.7. The number of carbonyl (C=O) groups excluding carboxylic acids is 1. The first-order valence-corrected chi connectivity index (χ1v) is 10.8. The minimum Gasteiger partial charge on any atom is -0.453 e. The van der Waals surface area contributed by atoms with Gasteiger partial charge in [0.15, 0.2) is 15.9 Å². The number of esters is 1. The molecule has 0 N–H and O–H groups in total. The smallest absolute Gasteiger partial charge is 0.307 e. The van der Waals surface area contributed by atoms with Gasteiger partial charge in [-0.3, -0.25) is 4.79 Å². The lowest BCUT2D eigenvalue weighted by Crippen LogP contribution is -2.15. The van der Waals surface area contributed by atoms with E-state index < -0.39 is 21.9 Å². The van der Waals surface area contributed by atoms with Gasteiger partial charge in [-0.15, -0.1) is 10.2 Å². The first-order chi connectivity index (χ1) is 13.7. The molecule has 8 heteroatoms. The predicted molar refractivity (Wildman–Crippen MR) is 107 cm³/mol. The number of nitrogens with zero attached hydrogens (tertiary/aromatic N) is 2. The number of benzene rings is 2. The van der Waals surface area contributed by atoms with Crippen molar-refractivity contribution in [1.82, 2.24) is 10.2 Å². The molecule has 0 aliphatic rings. The summed E-state index contributed by atoms with van der Waals surface area (Å²) in [5.74, 6) is -0.511. The fraction of sp³-hybridized carbons (Fsp3) is 0.286. The predicted octanol–water partition coefficient (Wildman–Crippen LogP) is 3.82. The number of ether oxygens (including phenoxy) is 1. The summed E-state index contributed by atoms with van der Waals surface area (Å²) in [7, 11) is -3.56. The van der Waals surface area contributed by atoms with Crippen LogP contribution in [0.3, 0.4) is 0 Å². The van der Waals surface area contributed by atoms with E-state index in [9.17, 15) is 13.2 Å². The van der Waals surface area contributed by atoms with Gasteiger partial charge in [-0.2, -0.15) is 0 Å². The lowest BCUT2D eigenvalue weighted by molar-refractivity contribution is -0.149. The zero-order valence-corrected chi connectivity index (χ0v) is 17.3. The third-order valence-corrected chi connectivity index (χ3v) is 6.08. The molecule has 1 heterocycles. The van der Waals surface area contributed by atoms with Gasteiger partial charge in [0.1, 0.15) is 0 Å². The van der Waals surface area contributed by atoms with E-state index in [0.29, 0.717) is 5.89 Å². The summed E-state index contributed by atoms with van der Waals surface area (Å²) in [6, 6.07) is 14.1. The summed E-state index contributed by atoms with van der Waals surface area (Å²) in [6.07, 6.45) is -1.05. The summed E-state index contributed by atoms with van der Waals surface area (Å²) in [6.45, 7) is 5.44. The first-order valence-electron chi connectivity index (χ1n) is 9.14. The number of sulfone groups is 1. The lowest BCUT2D eigenvalue weighted by Gasteiger charge is -2.10. The topological polar surface area (TPSA) is 99.4 Å². The van der Waals surface area contributed by atoms with E-state index >= 15 is 0 Å². The average Bonchev–Trinajstić information content (AvgIpc) is 3.18. The van der Waals surface area contributed by atoms with E-state index in [2.05, 4.69) is 10.2 Å². The highest BCUT2D eigenvalue weighted by molar-refractivity contribution is 7.91. The highest BCUT2D eigenvalue weighted by Gasteiger charge is 2.21. The highest BCUT2D eigenvalue weighted by Crippen LogP contribution is 2.23. The molecule has 0 aliphatic heterocycles. The maximum Gasteiger partial charge on any atom is 0.307 e. The standard InChI is InChI=1S/C21H22N2O5S/c1-14-4-8-17(9-5-14)21-23-22-20(28-21)16(3)27-19(24)12-13-29(25,26)18-10-6-15(2)7-11-18/h4-11,16H,12-13H2,1-3H3/t16-/m0/s1. The highest BCUT2D eigenvalue weighted by atomic mass is 32.2. The second-order valence-electron chi connectivity index (χ2n) is 6.83. The molecule has 3 rings (SSSR count). The second-order valence-corrected chi connectivity index (χ2v) is 8.93. The zero-order chi connectivity index (χ0) is 21.0. The van der Waals surface area contributed by atoms with Crippen LogP contribution in [0.15, 0.2) is 57.8 Å². The Morgan fingerprint density at radius 3 is 2.21 bits per heavy atom. The fourth-order valence-electron chi connectivity index (χ4n) is 2.60. The van der Waals surface area contributed by atoms with Crippen LogP contribution in [0, 0.1) is 13.8 Å². The quantitative estimate of drug-likeness (QED) is 0.542. The van der Waals surface area contributed by atoms with Gasteiger partial charge in [0, 0.05) is 5.56 Å². The number of aryl methyl sites for hydroxylation is 2. The van der Waals surface area contributed by atoms with Gasteiger partial charge < -0.3 is 9.15 Å². The summed E-state index contributed by atoms with van der Waals surface area (Å²) in [5, 5.41) is 7.89. The molecular weight excluding hydrogens is 392 g/mol. The van der Waals surface area contributed by atoms with E-state index in [-0.39, 0.29) is 23.0 Å². The Kier molecular flexibility index (Phi) is 6.12. The van der Waals surface area contributed by atoms with Crippen molar-refractivity contribution in [2.45, 2.75) is 38.2 Å². The lowest BCUT2D eigenvalue weighted by atomic mass is 10.1. The van der Waals surface area contributed by atoms with Gasteiger partial charge in [-0.25, -0.2) is 8.42 Å². The minimum absolute atomic E-state index is 0.148. The molecule has 0 radical (unpaired) electrons. The second kappa shape index (κ2) is 8.57. The van der Waals surface area contributed by atoms with Crippen molar-refractivity contribution in [2.24, 2.45) is 0 Å². The molecule has 3 aromatic rings. The molecule has 7 nitrogen and oxygen atoms in total. The van der Waals surface area contributed by atoms with Gasteiger partial charge in [0.25, 0.3) is 5.89 Å². The van der Waals surface area contributed by atoms with Crippen LogP contribution < -0.4 is 0 Å². The van der Waals surface area contributed by atoms with Crippen LogP contribution in [-0.4, -0.2) is 30.3 Å². The van der Waals surface area contributed by atoms with E-state index in [1.165, 1.54) is 12.1 Å². The molecule has 0 fully saturated rings. The van der Waals surface area contributed by atoms with E-state index in [1.54, 1.807) is 19.1 Å². The van der Waals surface area contributed by atoms with Crippen LogP contribution in [0.4, 0.5) is 0 Å². The Morgan fingerprint density at radius 2 is 1.59 bits per heavy atom. The normalized spacial score (nSPS) is 12.5. The summed E-state index contributed by atoms with van der Waals surface area (Å²) < 4.78 is 35.5. The molecule has 0 aliphatic carbocycles. The van der Waals surface area contributed by atoms with Crippen LogP contribution in [0.25, 0.3) is 11.5 Å². The molecule has 0 saturated carbocycles. The van der Waals surface area contributed by atoms with Crippen molar-refractivity contribution in [3.05, 3.63) is 65.5 Å². The number of rotatable bonds is 7. The Balaban J connectivity index is 1.58. The molecule has 0 spiro atoms. The van der Waals surface area contributed by atoms with Crippen LogP contribution >= 0.6 is 0 Å². The van der Waals surface area contributed by atoms with Crippen LogP contribution in [0.1, 0.15) is 36.5 Å². The van der Waals surface area contributed by atoms with Crippen LogP contribution in [0.5, 0.6) is 0 Å².